The maximum atomic E-state index is 12.6. The van der Waals surface area contributed by atoms with Crippen molar-refractivity contribution in [2.75, 3.05) is 6.61 Å². The molecule has 0 bridgehead atoms. The minimum Gasteiger partial charge on any atom is -0.493 e. The van der Waals surface area contributed by atoms with Gasteiger partial charge in [0.1, 0.15) is 33.7 Å². The van der Waals surface area contributed by atoms with Crippen molar-refractivity contribution in [2.45, 2.75) is 18.2 Å². The number of aromatic nitrogens is 2. The number of hydrogen-bond acceptors (Lipinski definition) is 8. The van der Waals surface area contributed by atoms with Crippen molar-refractivity contribution in [1.82, 2.24) is 8.75 Å². The van der Waals surface area contributed by atoms with Gasteiger partial charge in [0.25, 0.3) is 0 Å². The molecule has 0 amide bonds. The van der Waals surface area contributed by atoms with Crippen LogP contribution in [0.4, 0.5) is 0 Å². The molecule has 0 fully saturated rings. The van der Waals surface area contributed by atoms with Crippen LogP contribution in [0.25, 0.3) is 11.0 Å². The second-order valence-corrected chi connectivity index (χ2v) is 7.25. The standard InChI is InChI=1S/C16H14N2O5S2/c1-11-8-12(22-7-3-6-19)10-13(9-11)23-25(20,21)15-5-2-4-14-16(15)18-24-17-14/h2,4-6,8-10H,3,7H2,1H3. The third-order valence-electron chi connectivity index (χ3n) is 3.25. The van der Waals surface area contributed by atoms with Crippen LogP contribution in [0.5, 0.6) is 11.5 Å². The van der Waals surface area contributed by atoms with Crippen molar-refractivity contribution in [3.63, 3.8) is 0 Å². The number of carbonyl (C=O) groups is 1. The number of benzene rings is 2. The molecule has 0 saturated heterocycles. The van der Waals surface area contributed by atoms with E-state index in [9.17, 15) is 13.2 Å². The summed E-state index contributed by atoms with van der Waals surface area (Å²) >= 11 is 0.937. The lowest BCUT2D eigenvalue weighted by Crippen LogP contribution is -2.10. The van der Waals surface area contributed by atoms with Gasteiger partial charge in [-0.15, -0.1) is 0 Å². The Hall–Kier alpha value is -2.52. The number of aryl methyl sites for hydroxylation is 1. The molecule has 1 heterocycles. The first kappa shape index (κ1) is 17.3. The van der Waals surface area contributed by atoms with Crippen molar-refractivity contribution in [3.05, 3.63) is 42.0 Å². The minimum atomic E-state index is -4.08. The number of nitrogens with zero attached hydrogens (tertiary/aromatic N) is 2. The molecule has 0 saturated carbocycles. The van der Waals surface area contributed by atoms with Crippen LogP contribution in [0.15, 0.2) is 41.3 Å². The van der Waals surface area contributed by atoms with Crippen molar-refractivity contribution in [1.29, 1.82) is 0 Å². The van der Waals surface area contributed by atoms with Crippen LogP contribution in [-0.4, -0.2) is 30.1 Å². The highest BCUT2D eigenvalue weighted by Gasteiger charge is 2.22. The Kier molecular flexibility index (Phi) is 4.95. The van der Waals surface area contributed by atoms with Gasteiger partial charge in [0.05, 0.1) is 18.3 Å². The van der Waals surface area contributed by atoms with Crippen molar-refractivity contribution in [2.24, 2.45) is 0 Å². The van der Waals surface area contributed by atoms with Crippen molar-refractivity contribution >= 4 is 39.2 Å². The highest BCUT2D eigenvalue weighted by atomic mass is 32.2. The number of hydrogen-bond donors (Lipinski definition) is 0. The lowest BCUT2D eigenvalue weighted by atomic mass is 10.2. The Balaban J connectivity index is 1.90. The average Bonchev–Trinajstić information content (AvgIpc) is 3.02. The summed E-state index contributed by atoms with van der Waals surface area (Å²) < 4.78 is 44.0. The predicted molar refractivity (Wildman–Crippen MR) is 92.6 cm³/mol. The van der Waals surface area contributed by atoms with Gasteiger partial charge < -0.3 is 13.7 Å². The zero-order chi connectivity index (χ0) is 17.9. The van der Waals surface area contributed by atoms with Crippen LogP contribution in [0.3, 0.4) is 0 Å². The summed E-state index contributed by atoms with van der Waals surface area (Å²) in [4.78, 5) is 10.3. The maximum absolute atomic E-state index is 12.6. The molecule has 0 aliphatic carbocycles. The first-order chi connectivity index (χ1) is 12.0. The molecule has 1 aromatic heterocycles. The van der Waals surface area contributed by atoms with E-state index in [2.05, 4.69) is 8.75 Å². The molecule has 0 aliphatic rings. The summed E-state index contributed by atoms with van der Waals surface area (Å²) in [5, 5.41) is 0. The maximum Gasteiger partial charge on any atom is 0.341 e. The Labute approximate surface area is 148 Å². The van der Waals surface area contributed by atoms with E-state index >= 15 is 0 Å². The van der Waals surface area contributed by atoms with E-state index < -0.39 is 10.1 Å². The average molecular weight is 378 g/mol. The van der Waals surface area contributed by atoms with Gasteiger partial charge in [-0.05, 0) is 36.8 Å². The first-order valence-electron chi connectivity index (χ1n) is 7.33. The van der Waals surface area contributed by atoms with Gasteiger partial charge in [0.2, 0.25) is 0 Å². The third kappa shape index (κ3) is 3.94. The highest BCUT2D eigenvalue weighted by molar-refractivity contribution is 7.87. The second-order valence-electron chi connectivity index (χ2n) is 5.21. The first-order valence-corrected chi connectivity index (χ1v) is 9.47. The molecule has 2 aromatic carbocycles. The van der Waals surface area contributed by atoms with Crippen LogP contribution in [-0.2, 0) is 14.9 Å². The fraction of sp³-hybridized carbons (Fsp3) is 0.188. The molecular weight excluding hydrogens is 364 g/mol. The Morgan fingerprint density at radius 1 is 1.16 bits per heavy atom. The molecule has 7 nitrogen and oxygen atoms in total. The van der Waals surface area contributed by atoms with Crippen LogP contribution in [0, 0.1) is 6.92 Å². The fourth-order valence-electron chi connectivity index (χ4n) is 2.23. The lowest BCUT2D eigenvalue weighted by Gasteiger charge is -2.11. The molecule has 0 atom stereocenters. The monoisotopic (exact) mass is 378 g/mol. The SMILES string of the molecule is Cc1cc(OCCC=O)cc(OS(=O)(=O)c2cccc3nsnc23)c1. The van der Waals surface area contributed by atoms with E-state index in [4.69, 9.17) is 8.92 Å². The van der Waals surface area contributed by atoms with Gasteiger partial charge in [-0.2, -0.15) is 17.2 Å². The Morgan fingerprint density at radius 3 is 2.76 bits per heavy atom. The normalized spacial score (nSPS) is 11.4. The molecule has 3 rings (SSSR count). The largest absolute Gasteiger partial charge is 0.493 e. The number of aldehydes is 1. The lowest BCUT2D eigenvalue weighted by molar-refractivity contribution is -0.108. The van der Waals surface area contributed by atoms with Crippen LogP contribution < -0.4 is 8.92 Å². The van der Waals surface area contributed by atoms with E-state index in [1.807, 2.05) is 0 Å². The fourth-order valence-corrected chi connectivity index (χ4v) is 3.90. The molecular formula is C16H14N2O5S2. The predicted octanol–water partition coefficient (Wildman–Crippen LogP) is 2.74. The highest BCUT2D eigenvalue weighted by Crippen LogP contribution is 2.28. The summed E-state index contributed by atoms with van der Waals surface area (Å²) in [6, 6.07) is 9.48. The summed E-state index contributed by atoms with van der Waals surface area (Å²) in [6.07, 6.45) is 1.00. The molecule has 25 heavy (non-hydrogen) atoms. The summed E-state index contributed by atoms with van der Waals surface area (Å²) in [5.41, 5.74) is 1.54. The van der Waals surface area contributed by atoms with E-state index in [1.165, 1.54) is 12.1 Å². The number of rotatable bonds is 7. The molecule has 3 aromatic rings. The van der Waals surface area contributed by atoms with Crippen molar-refractivity contribution in [3.8, 4) is 11.5 Å². The summed E-state index contributed by atoms with van der Waals surface area (Å²) in [6.45, 7) is 2.00. The van der Waals surface area contributed by atoms with Crippen molar-refractivity contribution < 1.29 is 22.1 Å². The van der Waals surface area contributed by atoms with Gasteiger partial charge >= 0.3 is 10.1 Å². The number of carbonyl (C=O) groups excluding carboxylic acids is 1. The number of ether oxygens (including phenoxy) is 1. The second kappa shape index (κ2) is 7.16. The van der Waals surface area contributed by atoms with Gasteiger partial charge in [-0.25, -0.2) is 0 Å². The Bertz CT molecular complexity index is 1010. The van der Waals surface area contributed by atoms with Gasteiger partial charge in [-0.1, -0.05) is 6.07 Å². The molecule has 0 N–H and O–H groups in total. The summed E-state index contributed by atoms with van der Waals surface area (Å²) in [7, 11) is -4.08. The smallest absolute Gasteiger partial charge is 0.341 e. The van der Waals surface area contributed by atoms with Crippen LogP contribution in [0.2, 0.25) is 0 Å². The molecule has 0 unspecified atom stereocenters. The van der Waals surface area contributed by atoms with Crippen LogP contribution in [0.1, 0.15) is 12.0 Å². The molecule has 0 aliphatic heterocycles. The topological polar surface area (TPSA) is 95.5 Å². The third-order valence-corrected chi connectivity index (χ3v) is 5.08. The van der Waals surface area contributed by atoms with E-state index in [0.717, 1.165) is 23.6 Å². The molecule has 0 radical (unpaired) electrons. The zero-order valence-electron chi connectivity index (χ0n) is 13.2. The van der Waals surface area contributed by atoms with E-state index in [1.54, 1.807) is 31.2 Å². The van der Waals surface area contributed by atoms with Gasteiger partial charge in [-0.3, -0.25) is 0 Å². The molecule has 130 valence electrons. The molecule has 9 heteroatoms. The van der Waals surface area contributed by atoms with Gasteiger partial charge in [0.15, 0.2) is 0 Å². The van der Waals surface area contributed by atoms with Gasteiger partial charge in [0, 0.05) is 12.5 Å². The Morgan fingerprint density at radius 2 is 1.96 bits per heavy atom. The summed E-state index contributed by atoms with van der Waals surface area (Å²) in [5.74, 6) is 0.557. The van der Waals surface area contributed by atoms with Crippen LogP contribution >= 0.6 is 11.7 Å². The number of fused-ring (bicyclic) bond motifs is 1. The molecule has 0 spiro atoms. The van der Waals surface area contributed by atoms with E-state index in [0.29, 0.717) is 11.3 Å². The zero-order valence-corrected chi connectivity index (χ0v) is 14.8. The quantitative estimate of drug-likeness (QED) is 0.354. The minimum absolute atomic E-state index is 0.0383. The van der Waals surface area contributed by atoms with E-state index in [-0.39, 0.29) is 29.2 Å².